The molecule has 1 amide bonds. The van der Waals surface area contributed by atoms with E-state index in [1.807, 2.05) is 25.7 Å². The number of hydrogen-bond acceptors (Lipinski definition) is 4. The molecule has 1 N–H and O–H groups in total. The molecule has 2 unspecified atom stereocenters. The van der Waals surface area contributed by atoms with E-state index < -0.39 is 5.60 Å². The van der Waals surface area contributed by atoms with E-state index in [1.54, 1.807) is 0 Å². The topological polar surface area (TPSA) is 44.8 Å². The van der Waals surface area contributed by atoms with Crippen LogP contribution in [0, 0.1) is 5.92 Å². The van der Waals surface area contributed by atoms with Gasteiger partial charge in [-0.05, 0) is 65.5 Å². The number of rotatable bonds is 5. The van der Waals surface area contributed by atoms with Gasteiger partial charge in [0.1, 0.15) is 5.60 Å². The van der Waals surface area contributed by atoms with E-state index in [1.165, 1.54) is 25.9 Å². The monoisotopic (exact) mass is 339 g/mol. The van der Waals surface area contributed by atoms with Gasteiger partial charge in [-0.25, -0.2) is 4.79 Å². The molecule has 2 rings (SSSR count). The highest BCUT2D eigenvalue weighted by Gasteiger charge is 2.29. The van der Waals surface area contributed by atoms with Crippen LogP contribution in [0.1, 0.15) is 60.3 Å². The molecular formula is C19H37N3O2. The molecule has 0 spiro atoms. The Bertz CT molecular complexity index is 400. The summed E-state index contributed by atoms with van der Waals surface area (Å²) in [7, 11) is 0. The van der Waals surface area contributed by atoms with Gasteiger partial charge in [-0.15, -0.1) is 0 Å². The van der Waals surface area contributed by atoms with Gasteiger partial charge in [0, 0.05) is 31.7 Å². The molecular weight excluding hydrogens is 302 g/mol. The smallest absolute Gasteiger partial charge is 0.410 e. The lowest BCUT2D eigenvalue weighted by molar-refractivity contribution is 0.0184. The normalized spacial score (nSPS) is 24.4. The van der Waals surface area contributed by atoms with Gasteiger partial charge in [-0.2, -0.15) is 0 Å². The van der Waals surface area contributed by atoms with Gasteiger partial charge in [-0.3, -0.25) is 4.90 Å². The van der Waals surface area contributed by atoms with E-state index in [2.05, 4.69) is 24.1 Å². The molecule has 2 atom stereocenters. The highest BCUT2D eigenvalue weighted by atomic mass is 16.6. The molecule has 24 heavy (non-hydrogen) atoms. The Balaban J connectivity index is 1.82. The van der Waals surface area contributed by atoms with Crippen molar-refractivity contribution in [3.63, 3.8) is 0 Å². The molecule has 2 saturated heterocycles. The summed E-state index contributed by atoms with van der Waals surface area (Å²) in [6.45, 7) is 15.5. The van der Waals surface area contributed by atoms with Gasteiger partial charge < -0.3 is 15.0 Å². The molecule has 2 aliphatic rings. The van der Waals surface area contributed by atoms with Crippen molar-refractivity contribution in [2.75, 3.05) is 32.7 Å². The van der Waals surface area contributed by atoms with Crippen molar-refractivity contribution >= 4 is 6.09 Å². The lowest BCUT2D eigenvalue weighted by Gasteiger charge is -2.37. The number of ether oxygens (including phenoxy) is 1. The lowest BCUT2D eigenvalue weighted by atomic mass is 10.0. The zero-order valence-electron chi connectivity index (χ0n) is 16.3. The molecule has 0 aliphatic carbocycles. The van der Waals surface area contributed by atoms with Crippen molar-refractivity contribution in [3.8, 4) is 0 Å². The van der Waals surface area contributed by atoms with Crippen molar-refractivity contribution in [1.82, 2.24) is 15.1 Å². The quantitative estimate of drug-likeness (QED) is 0.836. The third-order valence-corrected chi connectivity index (χ3v) is 5.07. The number of nitrogens with one attached hydrogen (secondary N) is 1. The van der Waals surface area contributed by atoms with Crippen molar-refractivity contribution in [2.45, 2.75) is 78.0 Å². The summed E-state index contributed by atoms with van der Waals surface area (Å²) in [4.78, 5) is 16.8. The Morgan fingerprint density at radius 1 is 1.17 bits per heavy atom. The summed E-state index contributed by atoms with van der Waals surface area (Å²) in [5, 5.41) is 3.74. The van der Waals surface area contributed by atoms with Crippen LogP contribution >= 0.6 is 0 Å². The van der Waals surface area contributed by atoms with Gasteiger partial charge in [0.2, 0.25) is 0 Å². The second-order valence-electron chi connectivity index (χ2n) is 8.73. The fourth-order valence-electron chi connectivity index (χ4n) is 3.78. The first-order valence-corrected chi connectivity index (χ1v) is 9.71. The molecule has 0 aromatic carbocycles. The van der Waals surface area contributed by atoms with Crippen LogP contribution in [0.4, 0.5) is 4.79 Å². The van der Waals surface area contributed by atoms with Crippen LogP contribution in [0.15, 0.2) is 0 Å². The predicted molar refractivity (Wildman–Crippen MR) is 98.3 cm³/mol. The summed E-state index contributed by atoms with van der Waals surface area (Å²) in [5.41, 5.74) is -0.421. The highest BCUT2D eigenvalue weighted by molar-refractivity contribution is 5.68. The average Bonchev–Trinajstić information content (AvgIpc) is 3.00. The van der Waals surface area contributed by atoms with Gasteiger partial charge in [0.15, 0.2) is 0 Å². The van der Waals surface area contributed by atoms with Crippen LogP contribution in [0.25, 0.3) is 0 Å². The molecule has 2 fully saturated rings. The van der Waals surface area contributed by atoms with Crippen LogP contribution in [-0.4, -0.2) is 66.3 Å². The minimum absolute atomic E-state index is 0.172. The standard InChI is InChI=1S/C19H37N3O2/c1-15(2)17(21-10-6-7-11-21)13-20-16-9-8-12-22(14-16)18(23)24-19(3,4)5/h15-17,20H,6-14H2,1-5H3. The van der Waals surface area contributed by atoms with Crippen LogP contribution in [0.5, 0.6) is 0 Å². The third kappa shape index (κ3) is 5.92. The third-order valence-electron chi connectivity index (χ3n) is 5.07. The maximum atomic E-state index is 12.3. The molecule has 0 aromatic rings. The highest BCUT2D eigenvalue weighted by Crippen LogP contribution is 2.19. The molecule has 140 valence electrons. The van der Waals surface area contributed by atoms with Crippen LogP contribution in [0.3, 0.4) is 0 Å². The molecule has 0 saturated carbocycles. The van der Waals surface area contributed by atoms with Gasteiger partial charge in [-0.1, -0.05) is 13.8 Å². The number of piperidine rings is 1. The zero-order valence-corrected chi connectivity index (χ0v) is 16.3. The zero-order chi connectivity index (χ0) is 17.7. The predicted octanol–water partition coefficient (Wildman–Crippen LogP) is 3.10. The maximum Gasteiger partial charge on any atom is 0.410 e. The van der Waals surface area contributed by atoms with E-state index in [9.17, 15) is 4.79 Å². The summed E-state index contributed by atoms with van der Waals surface area (Å²) in [6, 6.07) is 0.986. The largest absolute Gasteiger partial charge is 0.444 e. The summed E-state index contributed by atoms with van der Waals surface area (Å²) in [5.74, 6) is 0.654. The van der Waals surface area contributed by atoms with Crippen molar-refractivity contribution in [1.29, 1.82) is 0 Å². The van der Waals surface area contributed by atoms with Crippen LogP contribution < -0.4 is 5.32 Å². The van der Waals surface area contributed by atoms with Gasteiger partial charge in [0.05, 0.1) is 0 Å². The van der Waals surface area contributed by atoms with Crippen molar-refractivity contribution in [3.05, 3.63) is 0 Å². The van der Waals surface area contributed by atoms with Gasteiger partial charge >= 0.3 is 6.09 Å². The first-order chi connectivity index (χ1) is 11.3. The SMILES string of the molecule is CC(C)C(CNC1CCCN(C(=O)OC(C)(C)C)C1)N1CCCC1. The number of hydrogen-bond donors (Lipinski definition) is 1. The summed E-state index contributed by atoms with van der Waals surface area (Å²) in [6.07, 6.45) is 4.68. The Hall–Kier alpha value is -0.810. The molecule has 2 heterocycles. The number of carbonyl (C=O) groups is 1. The number of amides is 1. The molecule has 0 radical (unpaired) electrons. The molecule has 0 bridgehead atoms. The Morgan fingerprint density at radius 2 is 1.83 bits per heavy atom. The first-order valence-electron chi connectivity index (χ1n) is 9.71. The Morgan fingerprint density at radius 3 is 2.42 bits per heavy atom. The number of nitrogens with zero attached hydrogens (tertiary/aromatic N) is 2. The molecule has 5 nitrogen and oxygen atoms in total. The number of carbonyl (C=O) groups excluding carboxylic acids is 1. The molecule has 2 aliphatic heterocycles. The van der Waals surface area contributed by atoms with Crippen molar-refractivity contribution < 1.29 is 9.53 Å². The number of likely N-dealkylation sites (tertiary alicyclic amines) is 2. The summed E-state index contributed by atoms with van der Waals surface area (Å²) >= 11 is 0. The fourth-order valence-corrected chi connectivity index (χ4v) is 3.78. The average molecular weight is 340 g/mol. The van der Waals surface area contributed by atoms with Crippen molar-refractivity contribution in [2.24, 2.45) is 5.92 Å². The molecule has 5 heteroatoms. The Kier molecular flexibility index (Phi) is 6.93. The van der Waals surface area contributed by atoms with E-state index in [0.717, 1.165) is 32.5 Å². The minimum Gasteiger partial charge on any atom is -0.444 e. The maximum absolute atomic E-state index is 12.3. The van der Waals surface area contributed by atoms with E-state index in [-0.39, 0.29) is 6.09 Å². The fraction of sp³-hybridized carbons (Fsp3) is 0.947. The van der Waals surface area contributed by atoms with E-state index in [4.69, 9.17) is 4.74 Å². The minimum atomic E-state index is -0.421. The first kappa shape index (κ1) is 19.5. The summed E-state index contributed by atoms with van der Waals surface area (Å²) < 4.78 is 5.52. The van der Waals surface area contributed by atoms with E-state index >= 15 is 0 Å². The van der Waals surface area contributed by atoms with Crippen LogP contribution in [-0.2, 0) is 4.74 Å². The second-order valence-corrected chi connectivity index (χ2v) is 8.73. The van der Waals surface area contributed by atoms with E-state index in [0.29, 0.717) is 18.0 Å². The van der Waals surface area contributed by atoms with Crippen LogP contribution in [0.2, 0.25) is 0 Å². The van der Waals surface area contributed by atoms with Gasteiger partial charge in [0.25, 0.3) is 0 Å². The molecule has 0 aromatic heterocycles. The second kappa shape index (κ2) is 8.52. The lowest BCUT2D eigenvalue weighted by Crippen LogP contribution is -2.53. The Labute approximate surface area is 148 Å².